The number of carboxylic acid groups (broad SMARTS) is 1. The van der Waals surface area contributed by atoms with Crippen LogP contribution < -0.4 is 0 Å². The number of halogens is 1. The number of piperidine rings is 1. The number of hydrogen-bond donors (Lipinski definition) is 1. The Kier molecular flexibility index (Phi) is 3.83. The van der Waals surface area contributed by atoms with Crippen molar-refractivity contribution in [3.05, 3.63) is 35.6 Å². The molecule has 2 rings (SSSR count). The molecule has 5 heteroatoms. The first-order chi connectivity index (χ1) is 8.99. The average molecular weight is 265 g/mol. The second-order valence-corrected chi connectivity index (χ2v) is 5.07. The van der Waals surface area contributed by atoms with Crippen molar-refractivity contribution in [2.45, 2.75) is 13.3 Å². The van der Waals surface area contributed by atoms with Gasteiger partial charge < -0.3 is 10.0 Å². The number of nitrogens with zero attached hydrogens (tertiary/aromatic N) is 1. The number of hydrogen-bond acceptors (Lipinski definition) is 2. The molecule has 1 aliphatic heterocycles. The lowest BCUT2D eigenvalue weighted by Crippen LogP contribution is -2.45. The predicted octanol–water partition coefficient (Wildman–Crippen LogP) is 2.01. The minimum atomic E-state index is -0.905. The highest BCUT2D eigenvalue weighted by molar-refractivity contribution is 5.94. The Morgan fingerprint density at radius 3 is 2.63 bits per heavy atom. The molecule has 1 fully saturated rings. The van der Waals surface area contributed by atoms with Gasteiger partial charge in [-0.05, 0) is 24.5 Å². The van der Waals surface area contributed by atoms with Crippen LogP contribution in [-0.4, -0.2) is 35.0 Å². The van der Waals surface area contributed by atoms with E-state index in [0.29, 0.717) is 13.0 Å². The van der Waals surface area contributed by atoms with Gasteiger partial charge in [0, 0.05) is 13.1 Å². The quantitative estimate of drug-likeness (QED) is 0.889. The van der Waals surface area contributed by atoms with Gasteiger partial charge in [0.05, 0.1) is 11.5 Å². The maximum Gasteiger partial charge on any atom is 0.308 e. The van der Waals surface area contributed by atoms with Crippen molar-refractivity contribution in [3.8, 4) is 0 Å². The van der Waals surface area contributed by atoms with E-state index < -0.39 is 23.6 Å². The van der Waals surface area contributed by atoms with Crippen molar-refractivity contribution >= 4 is 11.9 Å². The first kappa shape index (κ1) is 13.5. The normalized spacial score (nSPS) is 23.2. The molecule has 0 aromatic heterocycles. The molecule has 102 valence electrons. The molecular formula is C14H16FNO3. The maximum absolute atomic E-state index is 13.6. The van der Waals surface area contributed by atoms with Crippen LogP contribution in [0.2, 0.25) is 0 Å². The lowest BCUT2D eigenvalue weighted by Gasteiger charge is -2.34. The van der Waals surface area contributed by atoms with Crippen molar-refractivity contribution in [2.75, 3.05) is 13.1 Å². The van der Waals surface area contributed by atoms with E-state index in [9.17, 15) is 14.0 Å². The van der Waals surface area contributed by atoms with Gasteiger partial charge in [0.25, 0.3) is 5.91 Å². The Bertz CT molecular complexity index is 503. The maximum atomic E-state index is 13.6. The third-order valence-electron chi connectivity index (χ3n) is 3.40. The van der Waals surface area contributed by atoms with Crippen LogP contribution in [0.15, 0.2) is 24.3 Å². The van der Waals surface area contributed by atoms with Gasteiger partial charge in [-0.25, -0.2) is 4.39 Å². The largest absolute Gasteiger partial charge is 0.481 e. The van der Waals surface area contributed by atoms with Crippen molar-refractivity contribution in [2.24, 2.45) is 11.8 Å². The van der Waals surface area contributed by atoms with Crippen molar-refractivity contribution in [1.82, 2.24) is 4.90 Å². The summed E-state index contributed by atoms with van der Waals surface area (Å²) in [5.74, 6) is -2.38. The average Bonchev–Trinajstić information content (AvgIpc) is 2.37. The van der Waals surface area contributed by atoms with Gasteiger partial charge in [-0.1, -0.05) is 19.1 Å². The molecule has 1 N–H and O–H groups in total. The topological polar surface area (TPSA) is 57.6 Å². The van der Waals surface area contributed by atoms with Gasteiger partial charge in [-0.3, -0.25) is 9.59 Å². The van der Waals surface area contributed by atoms with Gasteiger partial charge in [-0.2, -0.15) is 0 Å². The number of likely N-dealkylation sites (tertiary alicyclic amines) is 1. The number of carbonyl (C=O) groups is 2. The highest BCUT2D eigenvalue weighted by Gasteiger charge is 2.32. The van der Waals surface area contributed by atoms with E-state index in [1.807, 2.05) is 6.92 Å². The molecule has 1 aliphatic rings. The summed E-state index contributed by atoms with van der Waals surface area (Å²) in [6.07, 6.45) is 0.552. The van der Waals surface area contributed by atoms with E-state index in [1.54, 1.807) is 6.07 Å². The summed E-state index contributed by atoms with van der Waals surface area (Å²) < 4.78 is 13.6. The Hall–Kier alpha value is -1.91. The first-order valence-electron chi connectivity index (χ1n) is 6.25. The van der Waals surface area contributed by atoms with E-state index in [2.05, 4.69) is 0 Å². The van der Waals surface area contributed by atoms with Crippen LogP contribution in [0.3, 0.4) is 0 Å². The molecule has 19 heavy (non-hydrogen) atoms. The Labute approximate surface area is 110 Å². The van der Waals surface area contributed by atoms with E-state index in [1.165, 1.54) is 23.1 Å². The molecule has 4 nitrogen and oxygen atoms in total. The number of amides is 1. The third kappa shape index (κ3) is 2.92. The fourth-order valence-electron chi connectivity index (χ4n) is 2.50. The first-order valence-corrected chi connectivity index (χ1v) is 6.25. The van der Waals surface area contributed by atoms with E-state index in [4.69, 9.17) is 5.11 Å². The summed E-state index contributed by atoms with van der Waals surface area (Å²) in [6, 6.07) is 5.77. The zero-order chi connectivity index (χ0) is 14.0. The zero-order valence-corrected chi connectivity index (χ0v) is 10.7. The molecule has 2 atom stereocenters. The van der Waals surface area contributed by atoms with Crippen LogP contribution in [0, 0.1) is 17.7 Å². The molecule has 0 bridgehead atoms. The van der Waals surface area contributed by atoms with Gasteiger partial charge in [0.1, 0.15) is 5.82 Å². The predicted molar refractivity (Wildman–Crippen MR) is 67.2 cm³/mol. The van der Waals surface area contributed by atoms with Crippen LogP contribution >= 0.6 is 0 Å². The molecular weight excluding hydrogens is 249 g/mol. The van der Waals surface area contributed by atoms with Crippen LogP contribution in [0.5, 0.6) is 0 Å². The molecule has 1 saturated heterocycles. The lowest BCUT2D eigenvalue weighted by molar-refractivity contribution is -0.143. The molecule has 1 heterocycles. The molecule has 1 amide bonds. The van der Waals surface area contributed by atoms with E-state index in [-0.39, 0.29) is 18.0 Å². The Balaban J connectivity index is 2.19. The van der Waals surface area contributed by atoms with Gasteiger partial charge in [-0.15, -0.1) is 0 Å². The van der Waals surface area contributed by atoms with Gasteiger partial charge in [0.2, 0.25) is 0 Å². The van der Waals surface area contributed by atoms with Crippen LogP contribution in [-0.2, 0) is 4.79 Å². The Morgan fingerprint density at radius 2 is 2.00 bits per heavy atom. The van der Waals surface area contributed by atoms with E-state index in [0.717, 1.165) is 0 Å². The molecule has 1 aromatic rings. The molecule has 2 unspecified atom stereocenters. The molecule has 0 saturated carbocycles. The van der Waals surface area contributed by atoms with Crippen LogP contribution in [0.25, 0.3) is 0 Å². The second kappa shape index (κ2) is 5.38. The minimum absolute atomic E-state index is 0.000684. The monoisotopic (exact) mass is 265 g/mol. The molecule has 0 aliphatic carbocycles. The number of aliphatic carboxylic acids is 1. The zero-order valence-electron chi connectivity index (χ0n) is 10.7. The summed E-state index contributed by atoms with van der Waals surface area (Å²) in [6.45, 7) is 2.51. The molecule has 1 aromatic carbocycles. The SMILES string of the molecule is CC1CC(C(=O)O)CN(C(=O)c2ccccc2F)C1. The summed E-state index contributed by atoms with van der Waals surface area (Å²) in [4.78, 5) is 24.7. The standard InChI is InChI=1S/C14H16FNO3/c1-9-6-10(14(18)19)8-16(7-9)13(17)11-4-2-3-5-12(11)15/h2-5,9-10H,6-8H2,1H3,(H,18,19). The number of benzene rings is 1. The van der Waals surface area contributed by atoms with Crippen molar-refractivity contribution in [3.63, 3.8) is 0 Å². The van der Waals surface area contributed by atoms with Crippen molar-refractivity contribution in [1.29, 1.82) is 0 Å². The van der Waals surface area contributed by atoms with Crippen LogP contribution in [0.4, 0.5) is 4.39 Å². The fraction of sp³-hybridized carbons (Fsp3) is 0.429. The fourth-order valence-corrected chi connectivity index (χ4v) is 2.50. The highest BCUT2D eigenvalue weighted by Crippen LogP contribution is 2.23. The number of rotatable bonds is 2. The summed E-state index contributed by atoms with van der Waals surface area (Å²) in [7, 11) is 0. The Morgan fingerprint density at radius 1 is 1.32 bits per heavy atom. The third-order valence-corrected chi connectivity index (χ3v) is 3.40. The number of carbonyl (C=O) groups excluding carboxylic acids is 1. The van der Waals surface area contributed by atoms with Gasteiger partial charge >= 0.3 is 5.97 Å². The summed E-state index contributed by atoms with van der Waals surface area (Å²) in [5.41, 5.74) is 0.000684. The van der Waals surface area contributed by atoms with Crippen molar-refractivity contribution < 1.29 is 19.1 Å². The summed E-state index contributed by atoms with van der Waals surface area (Å²) >= 11 is 0. The minimum Gasteiger partial charge on any atom is -0.481 e. The summed E-state index contributed by atoms with van der Waals surface area (Å²) in [5, 5.41) is 9.07. The molecule has 0 spiro atoms. The lowest BCUT2D eigenvalue weighted by atomic mass is 9.90. The van der Waals surface area contributed by atoms with Gasteiger partial charge in [0.15, 0.2) is 0 Å². The second-order valence-electron chi connectivity index (χ2n) is 5.07. The number of carboxylic acids is 1. The smallest absolute Gasteiger partial charge is 0.308 e. The highest BCUT2D eigenvalue weighted by atomic mass is 19.1. The molecule has 0 radical (unpaired) electrons. The van der Waals surface area contributed by atoms with Crippen LogP contribution in [0.1, 0.15) is 23.7 Å². The van der Waals surface area contributed by atoms with E-state index >= 15 is 0 Å².